The molecule has 0 amide bonds. The van der Waals surface area contributed by atoms with Gasteiger partial charge in [-0.15, -0.1) is 11.8 Å². The topological polar surface area (TPSA) is 25.8 Å². The third kappa shape index (κ3) is 2.38. The first-order valence-electron chi connectivity index (χ1n) is 4.53. The van der Waals surface area contributed by atoms with E-state index in [1.807, 2.05) is 23.5 Å². The molecule has 0 N–H and O–H groups in total. The summed E-state index contributed by atoms with van der Waals surface area (Å²) in [6.45, 7) is 2.23. The third-order valence-electron chi connectivity index (χ3n) is 2.12. The Morgan fingerprint density at radius 2 is 2.21 bits per heavy atom. The lowest BCUT2D eigenvalue weighted by molar-refractivity contribution is 0.763. The quantitative estimate of drug-likeness (QED) is 0.818. The van der Waals surface area contributed by atoms with Crippen LogP contribution in [0.25, 0.3) is 0 Å². The second-order valence-electron chi connectivity index (χ2n) is 3.01. The molecule has 2 heterocycles. The molecule has 14 heavy (non-hydrogen) atoms. The number of halogens is 1. The Morgan fingerprint density at radius 3 is 2.86 bits per heavy atom. The first-order chi connectivity index (χ1) is 6.81. The van der Waals surface area contributed by atoms with E-state index in [0.717, 1.165) is 5.82 Å². The van der Waals surface area contributed by atoms with Crippen LogP contribution in [-0.2, 0) is 0 Å². The Morgan fingerprint density at radius 1 is 1.43 bits per heavy atom. The zero-order chi connectivity index (χ0) is 9.97. The fraction of sp³-hybridized carbons (Fsp3) is 0.750. The van der Waals surface area contributed by atoms with Crippen LogP contribution in [0.15, 0.2) is 0 Å². The minimum Gasteiger partial charge on any atom is -0.207 e. The monoisotopic (exact) mass is 266 g/mol. The molecule has 1 aliphatic rings. The fourth-order valence-electron chi connectivity index (χ4n) is 1.47. The zero-order valence-electron chi connectivity index (χ0n) is 7.77. The highest BCUT2D eigenvalue weighted by molar-refractivity contribution is 8.06. The molecule has 2 unspecified atom stereocenters. The van der Waals surface area contributed by atoms with E-state index in [2.05, 4.69) is 16.3 Å². The van der Waals surface area contributed by atoms with E-state index in [0.29, 0.717) is 15.0 Å². The summed E-state index contributed by atoms with van der Waals surface area (Å²) in [5.41, 5.74) is 0. The van der Waals surface area contributed by atoms with Crippen molar-refractivity contribution in [3.8, 4) is 0 Å². The summed E-state index contributed by atoms with van der Waals surface area (Å²) in [4.78, 5) is 4.27. The van der Waals surface area contributed by atoms with Crippen molar-refractivity contribution in [1.82, 2.24) is 9.36 Å². The number of hydrogen-bond donors (Lipinski definition) is 0. The molecule has 1 aromatic rings. The number of nitrogens with zero attached hydrogens (tertiary/aromatic N) is 2. The molecule has 2 atom stereocenters. The lowest BCUT2D eigenvalue weighted by Gasteiger charge is -2.27. The smallest absolute Gasteiger partial charge is 0.203 e. The van der Waals surface area contributed by atoms with Crippen molar-refractivity contribution in [2.75, 3.05) is 11.5 Å². The summed E-state index contributed by atoms with van der Waals surface area (Å²) in [6.07, 6.45) is 1.18. The summed E-state index contributed by atoms with van der Waals surface area (Å²) < 4.78 is 4.86. The average Bonchev–Trinajstić information content (AvgIpc) is 2.65. The van der Waals surface area contributed by atoms with Gasteiger partial charge in [0.25, 0.3) is 0 Å². The SMILES string of the molecule is CCC1SCCSC1c1nsc(Cl)n1. The maximum absolute atomic E-state index is 5.80. The molecule has 0 bridgehead atoms. The van der Waals surface area contributed by atoms with Crippen LogP contribution in [0.2, 0.25) is 4.47 Å². The number of hydrogen-bond acceptors (Lipinski definition) is 5. The predicted octanol–water partition coefficient (Wildman–Crippen LogP) is 3.49. The Kier molecular flexibility index (Phi) is 3.99. The van der Waals surface area contributed by atoms with E-state index in [-0.39, 0.29) is 0 Å². The van der Waals surface area contributed by atoms with Crippen LogP contribution in [0.3, 0.4) is 0 Å². The van der Waals surface area contributed by atoms with Gasteiger partial charge in [-0.1, -0.05) is 6.92 Å². The molecule has 1 fully saturated rings. The fourth-order valence-corrected chi connectivity index (χ4v) is 5.18. The second-order valence-corrected chi connectivity index (χ2v) is 6.94. The van der Waals surface area contributed by atoms with Gasteiger partial charge < -0.3 is 0 Å². The maximum atomic E-state index is 5.80. The summed E-state index contributed by atoms with van der Waals surface area (Å²) >= 11 is 11.1. The molecular formula is C8H11ClN2S3. The van der Waals surface area contributed by atoms with Crippen LogP contribution in [0.1, 0.15) is 24.4 Å². The molecule has 0 saturated carbocycles. The molecule has 6 heteroatoms. The largest absolute Gasteiger partial charge is 0.207 e. The molecule has 1 aromatic heterocycles. The molecule has 0 radical (unpaired) electrons. The zero-order valence-corrected chi connectivity index (χ0v) is 11.0. The van der Waals surface area contributed by atoms with Gasteiger partial charge in [-0.3, -0.25) is 0 Å². The van der Waals surface area contributed by atoms with Gasteiger partial charge >= 0.3 is 0 Å². The van der Waals surface area contributed by atoms with Gasteiger partial charge in [0.1, 0.15) is 0 Å². The molecule has 0 aliphatic carbocycles. The van der Waals surface area contributed by atoms with Gasteiger partial charge in [0.15, 0.2) is 5.82 Å². The summed E-state index contributed by atoms with van der Waals surface area (Å²) in [7, 11) is 0. The van der Waals surface area contributed by atoms with E-state index in [1.165, 1.54) is 29.5 Å². The van der Waals surface area contributed by atoms with Gasteiger partial charge in [0, 0.05) is 16.8 Å². The highest BCUT2D eigenvalue weighted by Gasteiger charge is 2.29. The van der Waals surface area contributed by atoms with Crippen LogP contribution in [0.4, 0.5) is 0 Å². The van der Waals surface area contributed by atoms with Crippen molar-refractivity contribution in [1.29, 1.82) is 0 Å². The molecule has 1 aliphatic heterocycles. The summed E-state index contributed by atoms with van der Waals surface area (Å²) in [5, 5.41) is 1.10. The lowest BCUT2D eigenvalue weighted by atomic mass is 10.2. The average molecular weight is 267 g/mol. The van der Waals surface area contributed by atoms with Gasteiger partial charge in [0.2, 0.25) is 4.47 Å². The number of aromatic nitrogens is 2. The molecular weight excluding hydrogens is 256 g/mol. The van der Waals surface area contributed by atoms with Gasteiger partial charge in [0.05, 0.1) is 5.25 Å². The van der Waals surface area contributed by atoms with Crippen molar-refractivity contribution in [3.63, 3.8) is 0 Å². The van der Waals surface area contributed by atoms with Crippen molar-refractivity contribution in [3.05, 3.63) is 10.3 Å². The van der Waals surface area contributed by atoms with Crippen molar-refractivity contribution in [2.24, 2.45) is 0 Å². The number of thioether (sulfide) groups is 2. The maximum Gasteiger partial charge on any atom is 0.203 e. The minimum atomic E-state index is 0.447. The standard InChI is InChI=1S/C8H11ClN2S3/c1-2-5-6(13-4-3-12-5)7-10-8(9)14-11-7/h5-6H,2-4H2,1H3. The van der Waals surface area contributed by atoms with Crippen LogP contribution < -0.4 is 0 Å². The number of rotatable bonds is 2. The van der Waals surface area contributed by atoms with Crippen molar-refractivity contribution in [2.45, 2.75) is 23.8 Å². The normalized spacial score (nSPS) is 27.9. The van der Waals surface area contributed by atoms with E-state index in [1.54, 1.807) is 0 Å². The van der Waals surface area contributed by atoms with Crippen LogP contribution in [0.5, 0.6) is 0 Å². The molecule has 78 valence electrons. The Balaban J connectivity index is 2.14. The second kappa shape index (κ2) is 5.05. The van der Waals surface area contributed by atoms with Crippen LogP contribution in [-0.4, -0.2) is 26.1 Å². The summed E-state index contributed by atoms with van der Waals surface area (Å²) in [5.74, 6) is 3.38. The molecule has 2 rings (SSSR count). The van der Waals surface area contributed by atoms with Crippen LogP contribution >= 0.6 is 46.7 Å². The predicted molar refractivity (Wildman–Crippen MR) is 66.7 cm³/mol. The highest BCUT2D eigenvalue weighted by atomic mass is 35.5. The minimum absolute atomic E-state index is 0.447. The molecule has 0 aromatic carbocycles. The Hall–Kier alpha value is 0.550. The first-order valence-corrected chi connectivity index (χ1v) is 7.78. The van der Waals surface area contributed by atoms with E-state index in [9.17, 15) is 0 Å². The van der Waals surface area contributed by atoms with Gasteiger partial charge in [-0.25, -0.2) is 4.98 Å². The van der Waals surface area contributed by atoms with Crippen molar-refractivity contribution < 1.29 is 0 Å². The molecule has 0 spiro atoms. The van der Waals surface area contributed by atoms with E-state index >= 15 is 0 Å². The third-order valence-corrected chi connectivity index (χ3v) is 6.18. The summed E-state index contributed by atoms with van der Waals surface area (Å²) in [6, 6.07) is 0. The Bertz CT molecular complexity index is 305. The Labute approximate surface area is 101 Å². The lowest BCUT2D eigenvalue weighted by Crippen LogP contribution is -2.19. The van der Waals surface area contributed by atoms with Crippen molar-refractivity contribution >= 4 is 46.7 Å². The molecule has 2 nitrogen and oxygen atoms in total. The first kappa shape index (κ1) is 11.0. The molecule has 1 saturated heterocycles. The van der Waals surface area contributed by atoms with Gasteiger partial charge in [-0.2, -0.15) is 16.1 Å². The van der Waals surface area contributed by atoms with E-state index in [4.69, 9.17) is 11.6 Å². The van der Waals surface area contributed by atoms with E-state index < -0.39 is 0 Å². The van der Waals surface area contributed by atoms with Crippen LogP contribution in [0, 0.1) is 0 Å². The van der Waals surface area contributed by atoms with Gasteiger partial charge in [-0.05, 0) is 29.6 Å². The highest BCUT2D eigenvalue weighted by Crippen LogP contribution is 2.43.